The number of pyridine rings is 2. The van der Waals surface area contributed by atoms with Crippen molar-refractivity contribution in [3.8, 4) is 11.5 Å². The van der Waals surface area contributed by atoms with Gasteiger partial charge >= 0.3 is 0 Å². The second-order valence-corrected chi connectivity index (χ2v) is 10.0. The van der Waals surface area contributed by atoms with Crippen molar-refractivity contribution in [1.82, 2.24) is 19.6 Å². The number of nitrogens with one attached hydrogen (secondary N) is 2. The molecule has 0 amide bonds. The first-order chi connectivity index (χ1) is 16.3. The van der Waals surface area contributed by atoms with Crippen molar-refractivity contribution in [3.05, 3.63) is 66.1 Å². The van der Waals surface area contributed by atoms with Crippen LogP contribution in [0.4, 0.5) is 15.9 Å². The molecular formula is C24H28FN5O3S. The Morgan fingerprint density at radius 3 is 2.65 bits per heavy atom. The van der Waals surface area contributed by atoms with Crippen LogP contribution in [0.1, 0.15) is 17.8 Å². The van der Waals surface area contributed by atoms with Gasteiger partial charge in [-0.2, -0.15) is 0 Å². The lowest BCUT2D eigenvalue weighted by Crippen LogP contribution is -2.34. The summed E-state index contributed by atoms with van der Waals surface area (Å²) in [6.07, 6.45) is 1.32. The lowest BCUT2D eigenvalue weighted by atomic mass is 10.3. The van der Waals surface area contributed by atoms with Crippen molar-refractivity contribution in [2.75, 3.05) is 31.5 Å². The number of alkyl halides is 1. The average Bonchev–Trinajstić information content (AvgIpc) is 3.21. The smallest absolute Gasteiger partial charge is 0.240 e. The molecule has 0 radical (unpaired) electrons. The highest BCUT2D eigenvalue weighted by atomic mass is 32.2. The maximum absolute atomic E-state index is 13.2. The molecule has 0 saturated carbocycles. The van der Waals surface area contributed by atoms with Gasteiger partial charge in [0.2, 0.25) is 10.0 Å². The maximum Gasteiger partial charge on any atom is 0.240 e. The van der Waals surface area contributed by atoms with E-state index in [2.05, 4.69) is 20.0 Å². The standard InChI is InChI=1S/C24H28FN5O3S/c1-17-3-8-23(18(2)28-17)33-21-9-11-26-24(15-21)29-20-4-6-22(7-5-20)34(31,32)27-12-14-30-13-10-19(25)16-30/h3-9,11,15,19,27H,10,12-14,16H2,1-2H3,(H,26,29). The third-order valence-electron chi connectivity index (χ3n) is 5.51. The van der Waals surface area contributed by atoms with E-state index in [1.54, 1.807) is 30.5 Å². The second kappa shape index (κ2) is 10.5. The molecule has 1 aliphatic rings. The van der Waals surface area contributed by atoms with Crippen LogP contribution in [0.2, 0.25) is 0 Å². The molecule has 2 aromatic heterocycles. The third-order valence-corrected chi connectivity index (χ3v) is 6.98. The van der Waals surface area contributed by atoms with Gasteiger partial charge in [0.25, 0.3) is 0 Å². The van der Waals surface area contributed by atoms with Crippen molar-refractivity contribution in [1.29, 1.82) is 0 Å². The summed E-state index contributed by atoms with van der Waals surface area (Å²) in [6, 6.07) is 13.7. The predicted molar refractivity (Wildman–Crippen MR) is 129 cm³/mol. The van der Waals surface area contributed by atoms with E-state index in [0.717, 1.165) is 11.4 Å². The molecule has 1 atom stereocenters. The van der Waals surface area contributed by atoms with Crippen molar-refractivity contribution >= 4 is 21.5 Å². The van der Waals surface area contributed by atoms with Crippen LogP contribution in [0.15, 0.2) is 59.6 Å². The number of ether oxygens (including phenoxy) is 1. The van der Waals surface area contributed by atoms with E-state index >= 15 is 0 Å². The molecule has 2 N–H and O–H groups in total. The summed E-state index contributed by atoms with van der Waals surface area (Å²) in [5.74, 6) is 1.83. The van der Waals surface area contributed by atoms with Crippen molar-refractivity contribution in [3.63, 3.8) is 0 Å². The first kappa shape index (κ1) is 24.1. The molecule has 0 bridgehead atoms. The van der Waals surface area contributed by atoms with Gasteiger partial charge in [-0.1, -0.05) is 0 Å². The van der Waals surface area contributed by atoms with E-state index in [1.807, 2.05) is 30.9 Å². The Labute approximate surface area is 199 Å². The van der Waals surface area contributed by atoms with Gasteiger partial charge in [-0.15, -0.1) is 0 Å². The molecule has 3 aromatic rings. The number of aryl methyl sites for hydroxylation is 2. The van der Waals surface area contributed by atoms with Crippen LogP contribution in [0.5, 0.6) is 11.5 Å². The first-order valence-electron chi connectivity index (χ1n) is 11.1. The molecule has 180 valence electrons. The lowest BCUT2D eigenvalue weighted by molar-refractivity contribution is 0.291. The fraction of sp³-hybridized carbons (Fsp3) is 0.333. The third kappa shape index (κ3) is 6.28. The normalized spacial score (nSPS) is 16.5. The number of aromatic nitrogens is 2. The molecule has 1 aliphatic heterocycles. The molecule has 10 heteroatoms. The maximum atomic E-state index is 13.2. The number of halogens is 1. The Kier molecular flexibility index (Phi) is 7.40. The highest BCUT2D eigenvalue weighted by Crippen LogP contribution is 2.26. The first-order valence-corrected chi connectivity index (χ1v) is 12.6. The van der Waals surface area contributed by atoms with Crippen molar-refractivity contribution in [2.24, 2.45) is 0 Å². The van der Waals surface area contributed by atoms with E-state index in [1.165, 1.54) is 12.1 Å². The zero-order valence-corrected chi connectivity index (χ0v) is 20.0. The number of likely N-dealkylation sites (tertiary alicyclic amines) is 1. The van der Waals surface area contributed by atoms with E-state index in [-0.39, 0.29) is 11.4 Å². The zero-order valence-electron chi connectivity index (χ0n) is 19.2. The van der Waals surface area contributed by atoms with Gasteiger partial charge in [0.05, 0.1) is 10.6 Å². The SMILES string of the molecule is Cc1ccc(Oc2ccnc(Nc3ccc(S(=O)(=O)NCCN4CCC(F)C4)cc3)c2)c(C)n1. The molecule has 3 heterocycles. The molecule has 1 unspecified atom stereocenters. The Morgan fingerprint density at radius 2 is 1.94 bits per heavy atom. The zero-order chi connectivity index (χ0) is 24.1. The molecule has 0 spiro atoms. The van der Waals surface area contributed by atoms with Gasteiger partial charge in [-0.25, -0.2) is 22.5 Å². The quantitative estimate of drug-likeness (QED) is 0.474. The van der Waals surface area contributed by atoms with Crippen LogP contribution in [0.25, 0.3) is 0 Å². The largest absolute Gasteiger partial charge is 0.455 e. The highest BCUT2D eigenvalue weighted by molar-refractivity contribution is 7.89. The minimum Gasteiger partial charge on any atom is -0.455 e. The molecule has 1 saturated heterocycles. The number of rotatable bonds is 9. The van der Waals surface area contributed by atoms with Gasteiger partial charge < -0.3 is 10.1 Å². The Morgan fingerprint density at radius 1 is 1.15 bits per heavy atom. The van der Waals surface area contributed by atoms with Crippen LogP contribution in [-0.2, 0) is 10.0 Å². The van der Waals surface area contributed by atoms with Crippen LogP contribution >= 0.6 is 0 Å². The average molecular weight is 486 g/mol. The highest BCUT2D eigenvalue weighted by Gasteiger charge is 2.22. The number of nitrogens with zero attached hydrogens (tertiary/aromatic N) is 3. The number of hydrogen-bond donors (Lipinski definition) is 2. The van der Waals surface area contributed by atoms with Crippen LogP contribution < -0.4 is 14.8 Å². The minimum atomic E-state index is -3.64. The van der Waals surface area contributed by atoms with Crippen LogP contribution in [0.3, 0.4) is 0 Å². The summed E-state index contributed by atoms with van der Waals surface area (Å²) in [4.78, 5) is 10.8. The monoisotopic (exact) mass is 485 g/mol. The fourth-order valence-corrected chi connectivity index (χ4v) is 4.75. The number of benzene rings is 1. The topological polar surface area (TPSA) is 96.4 Å². The minimum absolute atomic E-state index is 0.162. The molecule has 8 nitrogen and oxygen atoms in total. The molecular weight excluding hydrogens is 457 g/mol. The summed E-state index contributed by atoms with van der Waals surface area (Å²) in [6.45, 7) is 5.56. The second-order valence-electron chi connectivity index (χ2n) is 8.25. The fourth-order valence-electron chi connectivity index (χ4n) is 3.73. The summed E-state index contributed by atoms with van der Waals surface area (Å²) in [7, 11) is -3.64. The van der Waals surface area contributed by atoms with Gasteiger partial charge in [0, 0.05) is 49.8 Å². The van der Waals surface area contributed by atoms with E-state index in [9.17, 15) is 12.8 Å². The predicted octanol–water partition coefficient (Wildman–Crippen LogP) is 3.95. The molecule has 1 fully saturated rings. The van der Waals surface area contributed by atoms with E-state index in [4.69, 9.17) is 4.74 Å². The van der Waals surface area contributed by atoms with Crippen LogP contribution in [0, 0.1) is 13.8 Å². The van der Waals surface area contributed by atoms with Crippen molar-refractivity contribution in [2.45, 2.75) is 31.3 Å². The summed E-state index contributed by atoms with van der Waals surface area (Å²) < 4.78 is 46.9. The molecule has 4 rings (SSSR count). The summed E-state index contributed by atoms with van der Waals surface area (Å²) in [5, 5.41) is 3.15. The lowest BCUT2D eigenvalue weighted by Gasteiger charge is -2.15. The van der Waals surface area contributed by atoms with E-state index < -0.39 is 16.2 Å². The Bertz CT molecular complexity index is 1240. The van der Waals surface area contributed by atoms with Crippen molar-refractivity contribution < 1.29 is 17.5 Å². The number of sulfonamides is 1. The summed E-state index contributed by atoms with van der Waals surface area (Å²) in [5.41, 5.74) is 2.40. The van der Waals surface area contributed by atoms with Crippen LogP contribution in [-0.4, -0.2) is 55.6 Å². The summed E-state index contributed by atoms with van der Waals surface area (Å²) >= 11 is 0. The Hall–Kier alpha value is -3.08. The van der Waals surface area contributed by atoms with Gasteiger partial charge in [-0.3, -0.25) is 9.88 Å². The van der Waals surface area contributed by atoms with E-state index in [0.29, 0.717) is 49.1 Å². The molecule has 0 aliphatic carbocycles. The molecule has 1 aromatic carbocycles. The van der Waals surface area contributed by atoms with Gasteiger partial charge in [-0.05, 0) is 62.7 Å². The molecule has 34 heavy (non-hydrogen) atoms. The van der Waals surface area contributed by atoms with Gasteiger partial charge in [0.15, 0.2) is 0 Å². The van der Waals surface area contributed by atoms with Gasteiger partial charge in [0.1, 0.15) is 23.5 Å². The number of hydrogen-bond acceptors (Lipinski definition) is 7. The Balaban J connectivity index is 1.35. The number of anilines is 2.